The van der Waals surface area contributed by atoms with E-state index in [0.717, 1.165) is 0 Å². The van der Waals surface area contributed by atoms with Gasteiger partial charge in [-0.15, -0.1) is 0 Å². The number of nitrogens with zero attached hydrogens (tertiary/aromatic N) is 1. The molecule has 1 aromatic heterocycles. The number of rotatable bonds is 5. The van der Waals surface area contributed by atoms with Crippen LogP contribution in [0.4, 0.5) is 0 Å². The number of hydrogen-bond donors (Lipinski definition) is 1. The third-order valence-corrected chi connectivity index (χ3v) is 3.90. The number of nitrogens with one attached hydrogen (secondary N) is 1. The van der Waals surface area contributed by atoms with Gasteiger partial charge >= 0.3 is 0 Å². The van der Waals surface area contributed by atoms with Crippen molar-refractivity contribution in [3.05, 3.63) is 74.6 Å². The Morgan fingerprint density at radius 1 is 1.23 bits per heavy atom. The average Bonchev–Trinajstić information content (AvgIpc) is 2.63. The Balaban J connectivity index is 1.64. The maximum Gasteiger partial charge on any atom is 0.277 e. The van der Waals surface area contributed by atoms with Gasteiger partial charge in [-0.2, -0.15) is 5.10 Å². The number of carbonyl (C=O) groups excluding carboxylic acids is 1. The lowest BCUT2D eigenvalue weighted by Gasteiger charge is -2.06. The zero-order chi connectivity index (χ0) is 18.5. The largest absolute Gasteiger partial charge is 0.482 e. The minimum atomic E-state index is -0.505. The van der Waals surface area contributed by atoms with E-state index in [9.17, 15) is 9.59 Å². The van der Waals surface area contributed by atoms with Gasteiger partial charge in [0.1, 0.15) is 17.6 Å². The van der Waals surface area contributed by atoms with Crippen LogP contribution in [0.1, 0.15) is 5.56 Å². The van der Waals surface area contributed by atoms with Gasteiger partial charge in [-0.3, -0.25) is 9.59 Å². The number of para-hydroxylation sites is 1. The van der Waals surface area contributed by atoms with Gasteiger partial charge in [-0.25, -0.2) is 5.43 Å². The highest BCUT2D eigenvalue weighted by molar-refractivity contribution is 6.32. The van der Waals surface area contributed by atoms with Gasteiger partial charge in [0.05, 0.1) is 22.2 Å². The standard InChI is InChI=1S/C18H12Cl2N2O4/c19-12-5-6-15-13(7-12)18(24)11(9-25-15)8-21-22-17(23)10-26-16-4-2-1-3-14(16)20/h1-9H,10H2,(H,22,23). The summed E-state index contributed by atoms with van der Waals surface area (Å²) in [6.07, 6.45) is 2.45. The molecule has 0 aliphatic heterocycles. The molecular formula is C18H12Cl2N2O4. The van der Waals surface area contributed by atoms with Crippen molar-refractivity contribution in [2.24, 2.45) is 5.10 Å². The Morgan fingerprint density at radius 2 is 2.04 bits per heavy atom. The molecule has 132 valence electrons. The van der Waals surface area contributed by atoms with Crippen LogP contribution in [0.15, 0.2) is 63.0 Å². The Kier molecular flexibility index (Phi) is 5.55. The van der Waals surface area contributed by atoms with Gasteiger partial charge in [0.25, 0.3) is 5.91 Å². The van der Waals surface area contributed by atoms with Crippen molar-refractivity contribution >= 4 is 46.3 Å². The van der Waals surface area contributed by atoms with E-state index in [1.807, 2.05) is 0 Å². The van der Waals surface area contributed by atoms with Crippen molar-refractivity contribution in [1.29, 1.82) is 0 Å². The number of benzene rings is 2. The van der Waals surface area contributed by atoms with Crippen LogP contribution in [0.25, 0.3) is 11.0 Å². The lowest BCUT2D eigenvalue weighted by molar-refractivity contribution is -0.123. The number of amides is 1. The summed E-state index contributed by atoms with van der Waals surface area (Å²) in [5, 5.41) is 4.88. The highest BCUT2D eigenvalue weighted by atomic mass is 35.5. The molecule has 1 amide bonds. The van der Waals surface area contributed by atoms with Crippen molar-refractivity contribution in [2.45, 2.75) is 0 Å². The second-order valence-electron chi connectivity index (χ2n) is 5.17. The number of hydrazone groups is 1. The minimum absolute atomic E-state index is 0.173. The Hall–Kier alpha value is -2.83. The van der Waals surface area contributed by atoms with Crippen LogP contribution in [0.5, 0.6) is 5.75 Å². The number of halogens is 2. The van der Waals surface area contributed by atoms with E-state index in [4.69, 9.17) is 32.4 Å². The molecule has 0 unspecified atom stereocenters. The van der Waals surface area contributed by atoms with E-state index in [0.29, 0.717) is 26.8 Å². The Labute approximate surface area is 158 Å². The molecule has 0 bridgehead atoms. The van der Waals surface area contributed by atoms with Crippen LogP contribution in [-0.4, -0.2) is 18.7 Å². The first-order valence-corrected chi connectivity index (χ1v) is 8.20. The normalized spacial score (nSPS) is 11.0. The average molecular weight is 391 g/mol. The Bertz CT molecular complexity index is 1050. The van der Waals surface area contributed by atoms with Gasteiger partial charge < -0.3 is 9.15 Å². The third-order valence-electron chi connectivity index (χ3n) is 3.35. The molecule has 6 nitrogen and oxygen atoms in total. The van der Waals surface area contributed by atoms with E-state index in [-0.39, 0.29) is 17.6 Å². The van der Waals surface area contributed by atoms with Crippen LogP contribution in [0.3, 0.4) is 0 Å². The number of carbonyl (C=O) groups is 1. The van der Waals surface area contributed by atoms with E-state index >= 15 is 0 Å². The van der Waals surface area contributed by atoms with Crippen molar-refractivity contribution in [2.75, 3.05) is 6.61 Å². The summed E-state index contributed by atoms with van der Waals surface area (Å²) in [6, 6.07) is 11.5. The summed E-state index contributed by atoms with van der Waals surface area (Å²) in [5.41, 5.74) is 2.54. The summed E-state index contributed by atoms with van der Waals surface area (Å²) >= 11 is 11.8. The van der Waals surface area contributed by atoms with Crippen LogP contribution < -0.4 is 15.6 Å². The van der Waals surface area contributed by atoms with E-state index in [1.54, 1.807) is 36.4 Å². The van der Waals surface area contributed by atoms with Crippen LogP contribution >= 0.6 is 23.2 Å². The number of fused-ring (bicyclic) bond motifs is 1. The topological polar surface area (TPSA) is 80.9 Å². The molecule has 1 heterocycles. The van der Waals surface area contributed by atoms with E-state index in [2.05, 4.69) is 10.5 Å². The summed E-state index contributed by atoms with van der Waals surface area (Å²) in [7, 11) is 0. The van der Waals surface area contributed by atoms with Gasteiger partial charge in [0.2, 0.25) is 5.43 Å². The molecule has 3 rings (SSSR count). The molecule has 0 spiro atoms. The molecule has 0 saturated carbocycles. The predicted octanol–water partition coefficient (Wildman–Crippen LogP) is 3.63. The van der Waals surface area contributed by atoms with Gasteiger partial charge in [-0.05, 0) is 30.3 Å². The fourth-order valence-electron chi connectivity index (χ4n) is 2.12. The third kappa shape index (κ3) is 4.22. The summed E-state index contributed by atoms with van der Waals surface area (Å²) in [4.78, 5) is 24.1. The summed E-state index contributed by atoms with van der Waals surface area (Å²) in [6.45, 7) is -0.275. The smallest absolute Gasteiger partial charge is 0.277 e. The fourth-order valence-corrected chi connectivity index (χ4v) is 2.48. The lowest BCUT2D eigenvalue weighted by atomic mass is 10.2. The molecule has 2 aromatic carbocycles. The summed E-state index contributed by atoms with van der Waals surface area (Å²) in [5.74, 6) is -0.116. The maximum absolute atomic E-state index is 12.3. The zero-order valence-corrected chi connectivity index (χ0v) is 14.8. The molecule has 0 aliphatic rings. The second-order valence-corrected chi connectivity index (χ2v) is 6.02. The van der Waals surface area contributed by atoms with Crippen molar-refractivity contribution in [1.82, 2.24) is 5.43 Å². The molecule has 8 heteroatoms. The van der Waals surface area contributed by atoms with Crippen molar-refractivity contribution in [3.8, 4) is 5.75 Å². The maximum atomic E-state index is 12.3. The van der Waals surface area contributed by atoms with Crippen molar-refractivity contribution in [3.63, 3.8) is 0 Å². The highest BCUT2D eigenvalue weighted by Gasteiger charge is 2.07. The quantitative estimate of drug-likeness (QED) is 0.532. The summed E-state index contributed by atoms with van der Waals surface area (Å²) < 4.78 is 10.6. The van der Waals surface area contributed by atoms with Crippen molar-refractivity contribution < 1.29 is 13.9 Å². The lowest BCUT2D eigenvalue weighted by Crippen LogP contribution is -2.25. The first kappa shape index (κ1) is 18.0. The molecule has 26 heavy (non-hydrogen) atoms. The van der Waals surface area contributed by atoms with Crippen LogP contribution in [-0.2, 0) is 4.79 Å². The van der Waals surface area contributed by atoms with Crippen LogP contribution in [0.2, 0.25) is 10.0 Å². The molecule has 0 fully saturated rings. The molecule has 0 saturated heterocycles. The first-order valence-electron chi connectivity index (χ1n) is 7.45. The predicted molar refractivity (Wildman–Crippen MR) is 100 cm³/mol. The second kappa shape index (κ2) is 8.03. The first-order chi connectivity index (χ1) is 12.5. The van der Waals surface area contributed by atoms with Gasteiger partial charge in [0.15, 0.2) is 6.61 Å². The minimum Gasteiger partial charge on any atom is -0.482 e. The fraction of sp³-hybridized carbons (Fsp3) is 0.0556. The molecule has 0 atom stereocenters. The molecule has 0 aliphatic carbocycles. The number of ether oxygens (including phenoxy) is 1. The zero-order valence-electron chi connectivity index (χ0n) is 13.2. The number of hydrogen-bond acceptors (Lipinski definition) is 5. The van der Waals surface area contributed by atoms with E-state index in [1.165, 1.54) is 18.5 Å². The van der Waals surface area contributed by atoms with E-state index < -0.39 is 5.91 Å². The highest BCUT2D eigenvalue weighted by Crippen LogP contribution is 2.22. The Morgan fingerprint density at radius 3 is 2.85 bits per heavy atom. The molecule has 3 aromatic rings. The van der Waals surface area contributed by atoms with Gasteiger partial charge in [-0.1, -0.05) is 35.3 Å². The molecule has 1 N–H and O–H groups in total. The monoisotopic (exact) mass is 390 g/mol. The molecular weight excluding hydrogens is 379 g/mol. The van der Waals surface area contributed by atoms with Crippen LogP contribution in [0, 0.1) is 0 Å². The van der Waals surface area contributed by atoms with Gasteiger partial charge in [0, 0.05) is 5.02 Å². The molecule has 0 radical (unpaired) electrons. The SMILES string of the molecule is O=C(COc1ccccc1Cl)NN=Cc1coc2ccc(Cl)cc2c1=O.